The number of nitrogens with zero attached hydrogens (tertiary/aromatic N) is 2. The third-order valence-electron chi connectivity index (χ3n) is 4.74. The number of ketones is 4. The van der Waals surface area contributed by atoms with E-state index in [9.17, 15) is 19.2 Å². The molecular formula is C19H18N2O4. The van der Waals surface area contributed by atoms with Crippen LogP contribution in [0.3, 0.4) is 0 Å². The van der Waals surface area contributed by atoms with Gasteiger partial charge in [-0.15, -0.1) is 0 Å². The Hall–Kier alpha value is -2.81. The molecule has 0 amide bonds. The van der Waals surface area contributed by atoms with Gasteiger partial charge in [-0.05, 0) is 31.0 Å². The van der Waals surface area contributed by atoms with Gasteiger partial charge in [0.2, 0.25) is 0 Å². The van der Waals surface area contributed by atoms with Crippen molar-refractivity contribution in [1.82, 2.24) is 0 Å². The van der Waals surface area contributed by atoms with Crippen molar-refractivity contribution in [3.63, 3.8) is 0 Å². The fourth-order valence-electron chi connectivity index (χ4n) is 3.58. The second-order valence-corrected chi connectivity index (χ2v) is 6.45. The monoisotopic (exact) mass is 338 g/mol. The Kier molecular flexibility index (Phi) is 4.75. The number of nitriles is 1. The molecule has 2 aliphatic rings. The molecule has 0 radical (unpaired) electrons. The van der Waals surface area contributed by atoms with Gasteiger partial charge in [0.05, 0.1) is 11.6 Å². The molecule has 25 heavy (non-hydrogen) atoms. The van der Waals surface area contributed by atoms with E-state index in [1.807, 2.05) is 6.07 Å². The van der Waals surface area contributed by atoms with Gasteiger partial charge in [0.1, 0.15) is 12.1 Å². The van der Waals surface area contributed by atoms with Crippen LogP contribution in [0, 0.1) is 11.3 Å². The topological polar surface area (TPSA) is 95.3 Å². The fraction of sp³-hybridized carbons (Fsp3) is 0.421. The molecule has 0 aliphatic heterocycles. The summed E-state index contributed by atoms with van der Waals surface area (Å²) in [5, 5.41) is 9.14. The maximum atomic E-state index is 12.5. The van der Waals surface area contributed by atoms with Gasteiger partial charge in [-0.1, -0.05) is 6.07 Å². The van der Waals surface area contributed by atoms with E-state index in [-0.39, 0.29) is 48.8 Å². The molecule has 0 unspecified atom stereocenters. The SMILES string of the molecule is N#Cc1cccc(N(C2C(=O)CCCC2=O)C2C(=O)CCCC2=O)c1. The van der Waals surface area contributed by atoms with E-state index in [1.54, 1.807) is 18.2 Å². The Morgan fingerprint density at radius 3 is 1.76 bits per heavy atom. The molecule has 0 N–H and O–H groups in total. The molecule has 2 saturated carbocycles. The highest BCUT2D eigenvalue weighted by Crippen LogP contribution is 2.30. The van der Waals surface area contributed by atoms with Crippen molar-refractivity contribution in [1.29, 1.82) is 5.26 Å². The van der Waals surface area contributed by atoms with Crippen molar-refractivity contribution in [2.75, 3.05) is 4.90 Å². The number of benzene rings is 1. The zero-order valence-corrected chi connectivity index (χ0v) is 13.7. The smallest absolute Gasteiger partial charge is 0.162 e. The number of Topliss-reactive ketones (excluding diaryl/α,β-unsaturated/α-hetero) is 4. The second kappa shape index (κ2) is 6.98. The highest BCUT2D eigenvalue weighted by molar-refractivity contribution is 6.17. The molecule has 0 aromatic heterocycles. The summed E-state index contributed by atoms with van der Waals surface area (Å²) >= 11 is 0. The molecule has 0 atom stereocenters. The lowest BCUT2D eigenvalue weighted by Gasteiger charge is -2.39. The minimum atomic E-state index is -1.13. The standard InChI is InChI=1S/C19H18N2O4/c20-11-12-4-1-5-13(10-12)21(18-14(22)6-2-7-15(18)23)19-16(24)8-3-9-17(19)25/h1,4-5,10,18-19H,2-3,6-9H2. The minimum absolute atomic E-state index is 0.250. The molecule has 0 spiro atoms. The predicted octanol–water partition coefficient (Wildman–Crippen LogP) is 1.75. The summed E-state index contributed by atoms with van der Waals surface area (Å²) in [4.78, 5) is 51.3. The van der Waals surface area contributed by atoms with Gasteiger partial charge >= 0.3 is 0 Å². The Morgan fingerprint density at radius 1 is 0.840 bits per heavy atom. The Morgan fingerprint density at radius 2 is 1.32 bits per heavy atom. The van der Waals surface area contributed by atoms with Crippen LogP contribution in [-0.2, 0) is 19.2 Å². The highest BCUT2D eigenvalue weighted by Gasteiger charge is 2.44. The first-order valence-electron chi connectivity index (χ1n) is 8.42. The predicted molar refractivity (Wildman–Crippen MR) is 88.9 cm³/mol. The van der Waals surface area contributed by atoms with Crippen molar-refractivity contribution >= 4 is 28.8 Å². The number of hydrogen-bond donors (Lipinski definition) is 0. The van der Waals surface area contributed by atoms with Gasteiger partial charge < -0.3 is 4.90 Å². The van der Waals surface area contributed by atoms with Crippen LogP contribution in [0.5, 0.6) is 0 Å². The van der Waals surface area contributed by atoms with Crippen LogP contribution in [0.2, 0.25) is 0 Å². The molecule has 6 nitrogen and oxygen atoms in total. The molecule has 2 aliphatic carbocycles. The van der Waals surface area contributed by atoms with Crippen LogP contribution in [-0.4, -0.2) is 35.2 Å². The van der Waals surface area contributed by atoms with Crippen molar-refractivity contribution in [3.8, 4) is 6.07 Å². The molecule has 0 bridgehead atoms. The normalized spacial score (nSPS) is 19.8. The maximum absolute atomic E-state index is 12.5. The quantitative estimate of drug-likeness (QED) is 0.779. The molecule has 1 aromatic rings. The fourth-order valence-corrected chi connectivity index (χ4v) is 3.58. The highest BCUT2D eigenvalue weighted by atomic mass is 16.2. The lowest BCUT2D eigenvalue weighted by molar-refractivity contribution is -0.133. The van der Waals surface area contributed by atoms with Crippen LogP contribution >= 0.6 is 0 Å². The third-order valence-corrected chi connectivity index (χ3v) is 4.74. The summed E-state index contributed by atoms with van der Waals surface area (Å²) in [5.74, 6) is -1.09. The lowest BCUT2D eigenvalue weighted by atomic mass is 9.85. The number of carbonyl (C=O) groups excluding carboxylic acids is 4. The van der Waals surface area contributed by atoms with Crippen molar-refractivity contribution < 1.29 is 19.2 Å². The van der Waals surface area contributed by atoms with Gasteiger partial charge in [0.15, 0.2) is 23.1 Å². The first-order valence-corrected chi connectivity index (χ1v) is 8.42. The number of hydrogen-bond acceptors (Lipinski definition) is 6. The van der Waals surface area contributed by atoms with Gasteiger partial charge in [-0.25, -0.2) is 0 Å². The Bertz CT molecular complexity index is 723. The van der Waals surface area contributed by atoms with Gasteiger partial charge in [-0.2, -0.15) is 5.26 Å². The number of carbonyl (C=O) groups is 4. The Balaban J connectivity index is 2.12. The number of anilines is 1. The van der Waals surface area contributed by atoms with E-state index < -0.39 is 12.1 Å². The molecule has 3 rings (SSSR count). The van der Waals surface area contributed by atoms with E-state index in [0.29, 0.717) is 24.1 Å². The maximum Gasteiger partial charge on any atom is 0.162 e. The molecule has 2 fully saturated rings. The first kappa shape index (κ1) is 17.0. The first-order chi connectivity index (χ1) is 12.0. The molecule has 0 heterocycles. The zero-order valence-electron chi connectivity index (χ0n) is 13.7. The third kappa shape index (κ3) is 3.22. The van der Waals surface area contributed by atoms with Crippen LogP contribution < -0.4 is 4.90 Å². The van der Waals surface area contributed by atoms with Crippen LogP contribution in [0.25, 0.3) is 0 Å². The van der Waals surface area contributed by atoms with E-state index in [1.165, 1.54) is 11.0 Å². The average Bonchev–Trinajstić information content (AvgIpc) is 2.60. The largest absolute Gasteiger partial charge is 0.338 e. The minimum Gasteiger partial charge on any atom is -0.338 e. The van der Waals surface area contributed by atoms with E-state index in [2.05, 4.69) is 0 Å². The van der Waals surface area contributed by atoms with E-state index >= 15 is 0 Å². The van der Waals surface area contributed by atoms with Crippen molar-refractivity contribution in [2.45, 2.75) is 50.6 Å². The molecule has 128 valence electrons. The van der Waals surface area contributed by atoms with Crippen LogP contribution in [0.4, 0.5) is 5.69 Å². The van der Waals surface area contributed by atoms with Crippen molar-refractivity contribution in [2.24, 2.45) is 0 Å². The second-order valence-electron chi connectivity index (χ2n) is 6.45. The van der Waals surface area contributed by atoms with Gasteiger partial charge in [0.25, 0.3) is 0 Å². The Labute approximate surface area is 145 Å². The average molecular weight is 338 g/mol. The summed E-state index contributed by atoms with van der Waals surface area (Å²) in [6.07, 6.45) is 1.99. The summed E-state index contributed by atoms with van der Waals surface area (Å²) in [6.45, 7) is 0. The lowest BCUT2D eigenvalue weighted by Crippen LogP contribution is -2.59. The zero-order chi connectivity index (χ0) is 18.0. The van der Waals surface area contributed by atoms with Gasteiger partial charge in [-0.3, -0.25) is 19.2 Å². The molecular weight excluding hydrogens is 320 g/mol. The molecule has 1 aromatic carbocycles. The number of rotatable bonds is 3. The van der Waals surface area contributed by atoms with E-state index in [4.69, 9.17) is 5.26 Å². The summed E-state index contributed by atoms with van der Waals surface area (Å²) < 4.78 is 0. The van der Waals surface area contributed by atoms with Crippen LogP contribution in [0.1, 0.15) is 44.1 Å². The van der Waals surface area contributed by atoms with Crippen molar-refractivity contribution in [3.05, 3.63) is 29.8 Å². The van der Waals surface area contributed by atoms with Crippen LogP contribution in [0.15, 0.2) is 24.3 Å². The summed E-state index contributed by atoms with van der Waals surface area (Å²) in [6, 6.07) is 6.12. The van der Waals surface area contributed by atoms with E-state index in [0.717, 1.165) is 0 Å². The summed E-state index contributed by atoms with van der Waals surface area (Å²) in [5.41, 5.74) is 0.732. The molecule has 0 saturated heterocycles. The molecule has 6 heteroatoms. The van der Waals surface area contributed by atoms with Gasteiger partial charge in [0, 0.05) is 31.4 Å². The summed E-state index contributed by atoms with van der Waals surface area (Å²) in [7, 11) is 0.